The molecule has 0 unspecified atom stereocenters. The first-order valence-electron chi connectivity index (χ1n) is 4.59. The quantitative estimate of drug-likeness (QED) is 0.882. The van der Waals surface area contributed by atoms with Gasteiger partial charge in [0.05, 0.1) is 6.54 Å². The first kappa shape index (κ1) is 10.4. The highest BCUT2D eigenvalue weighted by Gasteiger charge is 1.97. The summed E-state index contributed by atoms with van der Waals surface area (Å²) < 4.78 is 2.93. The smallest absolute Gasteiger partial charge is 0.102 e. The van der Waals surface area contributed by atoms with Crippen molar-refractivity contribution in [2.24, 2.45) is 7.05 Å². The van der Waals surface area contributed by atoms with E-state index in [9.17, 15) is 0 Å². The maximum absolute atomic E-state index is 4.00. The van der Waals surface area contributed by atoms with Crippen LogP contribution in [0.1, 0.15) is 5.69 Å². The zero-order valence-corrected chi connectivity index (χ0v) is 10.5. The zero-order valence-electron chi connectivity index (χ0n) is 8.31. The maximum Gasteiger partial charge on any atom is 0.102 e. The summed E-state index contributed by atoms with van der Waals surface area (Å²) in [7, 11) is 1.86. The molecule has 0 spiro atoms. The van der Waals surface area contributed by atoms with E-state index in [1.165, 1.54) is 3.57 Å². The summed E-state index contributed by atoms with van der Waals surface area (Å²) in [5.41, 5.74) is 2.04. The fraction of sp³-hybridized carbons (Fsp3) is 0.200. The van der Waals surface area contributed by atoms with Gasteiger partial charge in [0, 0.05) is 22.5 Å². The van der Waals surface area contributed by atoms with Gasteiger partial charge >= 0.3 is 0 Å². The lowest BCUT2D eigenvalue weighted by Gasteiger charge is -2.03. The number of nitrogens with one attached hydrogen (secondary N) is 1. The van der Waals surface area contributed by atoms with Gasteiger partial charge in [0.25, 0.3) is 0 Å². The van der Waals surface area contributed by atoms with E-state index < -0.39 is 0 Å². The number of benzene rings is 1. The first-order valence-corrected chi connectivity index (χ1v) is 5.66. The summed E-state index contributed by atoms with van der Waals surface area (Å²) in [6.07, 6.45) is 1.90. The van der Waals surface area contributed by atoms with Crippen molar-refractivity contribution in [1.29, 1.82) is 0 Å². The van der Waals surface area contributed by atoms with Crippen molar-refractivity contribution in [1.82, 2.24) is 15.0 Å². The molecule has 1 heterocycles. The molecule has 0 aliphatic carbocycles. The molecule has 4 nitrogen and oxygen atoms in total. The van der Waals surface area contributed by atoms with Crippen molar-refractivity contribution in [3.63, 3.8) is 0 Å². The second-order valence-corrected chi connectivity index (χ2v) is 4.49. The van der Waals surface area contributed by atoms with Crippen LogP contribution in [-0.2, 0) is 13.6 Å². The third-order valence-electron chi connectivity index (χ3n) is 1.97. The van der Waals surface area contributed by atoms with Crippen LogP contribution in [0.3, 0.4) is 0 Å². The van der Waals surface area contributed by atoms with Crippen molar-refractivity contribution >= 4 is 28.3 Å². The maximum atomic E-state index is 4.00. The number of aromatic nitrogens is 3. The van der Waals surface area contributed by atoms with Gasteiger partial charge in [0.1, 0.15) is 5.69 Å². The molecule has 0 aliphatic rings. The van der Waals surface area contributed by atoms with Crippen LogP contribution in [0.15, 0.2) is 30.5 Å². The van der Waals surface area contributed by atoms with Crippen molar-refractivity contribution in [2.75, 3.05) is 5.32 Å². The molecular weight excluding hydrogens is 303 g/mol. The topological polar surface area (TPSA) is 42.7 Å². The van der Waals surface area contributed by atoms with Crippen LogP contribution in [0.2, 0.25) is 0 Å². The number of hydrogen-bond donors (Lipinski definition) is 1. The van der Waals surface area contributed by atoms with Crippen LogP contribution < -0.4 is 5.32 Å². The Bertz CT molecular complexity index is 435. The summed E-state index contributed by atoms with van der Waals surface area (Å²) in [5.74, 6) is 0. The average Bonchev–Trinajstić information content (AvgIpc) is 2.64. The first-order chi connectivity index (χ1) is 7.24. The molecule has 0 atom stereocenters. The monoisotopic (exact) mass is 314 g/mol. The van der Waals surface area contributed by atoms with Crippen molar-refractivity contribution in [2.45, 2.75) is 6.54 Å². The van der Waals surface area contributed by atoms with Gasteiger partial charge < -0.3 is 5.32 Å². The van der Waals surface area contributed by atoms with Crippen LogP contribution in [0, 0.1) is 3.57 Å². The summed E-state index contributed by atoms with van der Waals surface area (Å²) in [6, 6.07) is 8.25. The molecule has 0 aliphatic heterocycles. The molecule has 15 heavy (non-hydrogen) atoms. The lowest BCUT2D eigenvalue weighted by molar-refractivity contribution is 0.713. The SMILES string of the molecule is Cn1cc(CNc2ccc(I)cc2)nn1. The third kappa shape index (κ3) is 2.92. The summed E-state index contributed by atoms with van der Waals surface area (Å²) in [5, 5.41) is 11.1. The minimum atomic E-state index is 0.703. The largest absolute Gasteiger partial charge is 0.379 e. The minimum absolute atomic E-state index is 0.703. The van der Waals surface area contributed by atoms with Gasteiger partial charge in [-0.1, -0.05) is 5.21 Å². The van der Waals surface area contributed by atoms with E-state index in [-0.39, 0.29) is 0 Å². The molecule has 0 amide bonds. The molecule has 1 aromatic carbocycles. The lowest BCUT2D eigenvalue weighted by Crippen LogP contribution is -1.99. The predicted molar refractivity (Wildman–Crippen MR) is 67.5 cm³/mol. The lowest BCUT2D eigenvalue weighted by atomic mass is 10.3. The second-order valence-electron chi connectivity index (χ2n) is 3.24. The van der Waals surface area contributed by atoms with E-state index in [1.807, 2.05) is 13.2 Å². The Labute approximate surface area is 102 Å². The molecular formula is C10H11IN4. The predicted octanol–water partition coefficient (Wildman–Crippen LogP) is 2.03. The molecule has 1 N–H and O–H groups in total. The number of nitrogens with zero attached hydrogens (tertiary/aromatic N) is 3. The fourth-order valence-electron chi connectivity index (χ4n) is 1.24. The Morgan fingerprint density at radius 1 is 1.33 bits per heavy atom. The standard InChI is InChI=1S/C10H11IN4/c1-15-7-10(13-14-15)6-12-9-4-2-8(11)3-5-9/h2-5,7,12H,6H2,1H3. The highest BCUT2D eigenvalue weighted by Crippen LogP contribution is 2.11. The van der Waals surface area contributed by atoms with Crippen LogP contribution in [0.25, 0.3) is 0 Å². The number of anilines is 1. The van der Waals surface area contributed by atoms with Gasteiger partial charge in [-0.2, -0.15) is 0 Å². The van der Waals surface area contributed by atoms with Crippen LogP contribution in [0.4, 0.5) is 5.69 Å². The molecule has 0 saturated carbocycles. The van der Waals surface area contributed by atoms with Gasteiger partial charge in [-0.25, -0.2) is 0 Å². The molecule has 0 fully saturated rings. The van der Waals surface area contributed by atoms with Gasteiger partial charge in [-0.05, 0) is 46.9 Å². The van der Waals surface area contributed by atoms with Crippen LogP contribution >= 0.6 is 22.6 Å². The molecule has 5 heteroatoms. The molecule has 0 saturated heterocycles. The normalized spacial score (nSPS) is 10.3. The van der Waals surface area contributed by atoms with Crippen molar-refractivity contribution in [3.8, 4) is 0 Å². The van der Waals surface area contributed by atoms with Crippen LogP contribution in [-0.4, -0.2) is 15.0 Å². The van der Waals surface area contributed by atoms with E-state index in [4.69, 9.17) is 0 Å². The summed E-state index contributed by atoms with van der Waals surface area (Å²) in [4.78, 5) is 0. The highest BCUT2D eigenvalue weighted by molar-refractivity contribution is 14.1. The van der Waals surface area contributed by atoms with E-state index in [2.05, 4.69) is 62.5 Å². The Kier molecular flexibility index (Phi) is 3.20. The van der Waals surface area contributed by atoms with E-state index in [0.717, 1.165) is 11.4 Å². The van der Waals surface area contributed by atoms with Gasteiger partial charge in [-0.3, -0.25) is 4.68 Å². The fourth-order valence-corrected chi connectivity index (χ4v) is 1.60. The molecule has 78 valence electrons. The Hall–Kier alpha value is -1.11. The van der Waals surface area contributed by atoms with Gasteiger partial charge in [0.2, 0.25) is 0 Å². The van der Waals surface area contributed by atoms with E-state index in [1.54, 1.807) is 4.68 Å². The van der Waals surface area contributed by atoms with Gasteiger partial charge in [0.15, 0.2) is 0 Å². The number of halogens is 1. The van der Waals surface area contributed by atoms with Crippen molar-refractivity contribution in [3.05, 3.63) is 39.7 Å². The third-order valence-corrected chi connectivity index (χ3v) is 2.69. The van der Waals surface area contributed by atoms with E-state index in [0.29, 0.717) is 6.54 Å². The average molecular weight is 314 g/mol. The summed E-state index contributed by atoms with van der Waals surface area (Å²) in [6.45, 7) is 0.703. The number of hydrogen-bond acceptors (Lipinski definition) is 3. The molecule has 1 aromatic heterocycles. The number of rotatable bonds is 3. The Morgan fingerprint density at radius 2 is 2.07 bits per heavy atom. The second kappa shape index (κ2) is 4.61. The molecule has 0 radical (unpaired) electrons. The zero-order chi connectivity index (χ0) is 10.7. The Balaban J connectivity index is 1.96. The highest BCUT2D eigenvalue weighted by atomic mass is 127. The van der Waals surface area contributed by atoms with Crippen molar-refractivity contribution < 1.29 is 0 Å². The molecule has 2 aromatic rings. The Morgan fingerprint density at radius 3 is 2.67 bits per heavy atom. The van der Waals surface area contributed by atoms with Crippen LogP contribution in [0.5, 0.6) is 0 Å². The van der Waals surface area contributed by atoms with E-state index >= 15 is 0 Å². The molecule has 0 bridgehead atoms. The van der Waals surface area contributed by atoms with Gasteiger partial charge in [-0.15, -0.1) is 5.10 Å². The molecule has 2 rings (SSSR count). The minimum Gasteiger partial charge on any atom is -0.379 e. The number of aryl methyl sites for hydroxylation is 1. The summed E-state index contributed by atoms with van der Waals surface area (Å²) >= 11 is 2.29.